The van der Waals surface area contributed by atoms with Gasteiger partial charge in [-0.15, -0.1) is 12.4 Å². The molecule has 5 saturated heterocycles. The third-order valence-electron chi connectivity index (χ3n) is 16.9. The summed E-state index contributed by atoms with van der Waals surface area (Å²) in [6.45, 7) is 30.3. The highest BCUT2D eigenvalue weighted by molar-refractivity contribution is 14.1. The molecule has 590 valence electrons. The van der Waals surface area contributed by atoms with Gasteiger partial charge in [0.2, 0.25) is 0 Å². The Morgan fingerprint density at radius 1 is 0.387 bits per heavy atom. The zero-order chi connectivity index (χ0) is 79.9. The Kier molecular flexibility index (Phi) is 34.9. The molecule has 0 spiro atoms. The molecule has 20 nitrogen and oxygen atoms in total. The van der Waals surface area contributed by atoms with E-state index < -0.39 is 23.9 Å². The predicted molar refractivity (Wildman–Crippen MR) is 465 cm³/mol. The highest BCUT2D eigenvalue weighted by Gasteiger charge is 2.40. The molecule has 0 aliphatic carbocycles. The molecule has 0 unspecified atom stereocenters. The zero-order valence-electron chi connectivity index (χ0n) is 64.6. The quantitative estimate of drug-likeness (QED) is 0.0422. The molecule has 10 heterocycles. The number of carbonyl (C=O) groups excluding carboxylic acids is 4. The van der Waals surface area contributed by atoms with Crippen LogP contribution in [0.25, 0.3) is 33.4 Å². The van der Waals surface area contributed by atoms with E-state index in [2.05, 4.69) is 183 Å². The first-order valence-electron chi connectivity index (χ1n) is 36.3. The molecule has 5 aromatic heterocycles. The van der Waals surface area contributed by atoms with Crippen LogP contribution in [0.15, 0.2) is 225 Å². The summed E-state index contributed by atoms with van der Waals surface area (Å²) >= 11 is 15.8. The lowest BCUT2D eigenvalue weighted by Gasteiger charge is -2.40. The summed E-state index contributed by atoms with van der Waals surface area (Å²) in [4.78, 5) is 76.1. The van der Waals surface area contributed by atoms with Gasteiger partial charge < -0.3 is 53.9 Å². The van der Waals surface area contributed by atoms with E-state index in [1.54, 1.807) is 56.3 Å². The van der Waals surface area contributed by atoms with E-state index >= 15 is 0 Å². The molecule has 0 bridgehead atoms. The number of alkyl halides is 1. The first kappa shape index (κ1) is 90.8. The number of amides is 4. The van der Waals surface area contributed by atoms with Crippen molar-refractivity contribution in [1.29, 1.82) is 0 Å². The lowest BCUT2D eigenvalue weighted by atomic mass is 9.81. The van der Waals surface area contributed by atoms with Gasteiger partial charge in [0.15, 0.2) is 0 Å². The second kappa shape index (κ2) is 42.6. The van der Waals surface area contributed by atoms with E-state index in [1.807, 2.05) is 187 Å². The van der Waals surface area contributed by atoms with Gasteiger partial charge in [0.25, 0.3) is 0 Å². The minimum atomic E-state index is -1.34. The third kappa shape index (κ3) is 29.5. The molecule has 14 rings (SSSR count). The highest BCUT2D eigenvalue weighted by atomic mass is 127. The maximum atomic E-state index is 12.1. The van der Waals surface area contributed by atoms with Crippen molar-refractivity contribution < 1.29 is 48.2 Å². The lowest BCUT2D eigenvalue weighted by Crippen LogP contribution is -2.52. The van der Waals surface area contributed by atoms with Crippen LogP contribution in [0.2, 0.25) is 0 Å². The number of rotatable bonds is 8. The molecule has 27 heteroatoms. The maximum Gasteiger partial charge on any atom is 0.488 e. The van der Waals surface area contributed by atoms with Crippen molar-refractivity contribution in [3.8, 4) is 33.4 Å². The highest BCUT2D eigenvalue weighted by Crippen LogP contribution is 2.37. The van der Waals surface area contributed by atoms with Crippen molar-refractivity contribution in [2.45, 2.75) is 133 Å². The van der Waals surface area contributed by atoms with Gasteiger partial charge in [-0.1, -0.05) is 160 Å². The van der Waals surface area contributed by atoms with E-state index in [-0.39, 0.29) is 54.2 Å². The molecular formula is C84H99BBr4ClIN10O10. The molecule has 9 aromatic rings. The van der Waals surface area contributed by atoms with E-state index in [4.69, 9.17) is 29.0 Å². The first-order valence-corrected chi connectivity index (χ1v) is 40.8. The lowest BCUT2D eigenvalue weighted by molar-refractivity contribution is 0.00692. The molecule has 4 amide bonds. The smallest absolute Gasteiger partial charge is 0.444 e. The fourth-order valence-corrected chi connectivity index (χ4v) is 13.6. The average molecular weight is 1900 g/mol. The molecule has 5 aliphatic rings. The Morgan fingerprint density at radius 3 is 0.973 bits per heavy atom. The summed E-state index contributed by atoms with van der Waals surface area (Å²) in [6, 6.07) is 57.5. The van der Waals surface area contributed by atoms with Gasteiger partial charge in [-0.25, -0.2) is 24.2 Å². The van der Waals surface area contributed by atoms with Crippen LogP contribution in [0.4, 0.5) is 19.2 Å². The van der Waals surface area contributed by atoms with Gasteiger partial charge in [-0.3, -0.25) is 19.9 Å². The number of ether oxygens (including phenoxy) is 4. The van der Waals surface area contributed by atoms with Gasteiger partial charge in [-0.05, 0) is 208 Å². The number of likely N-dealkylation sites (tertiary alicyclic amines) is 4. The van der Waals surface area contributed by atoms with E-state index in [0.717, 1.165) is 83.5 Å². The molecule has 5 fully saturated rings. The number of pyridine rings is 5. The number of halogens is 6. The van der Waals surface area contributed by atoms with Crippen LogP contribution in [0.3, 0.4) is 0 Å². The van der Waals surface area contributed by atoms with Gasteiger partial charge in [0.1, 0.15) is 27.0 Å². The van der Waals surface area contributed by atoms with Gasteiger partial charge in [0, 0.05) is 150 Å². The van der Waals surface area contributed by atoms with E-state index in [1.165, 1.54) is 16.8 Å². The van der Waals surface area contributed by atoms with Gasteiger partial charge >= 0.3 is 31.5 Å². The molecule has 111 heavy (non-hydrogen) atoms. The number of nitrogens with zero attached hydrogens (tertiary/aromatic N) is 9. The molecular weight excluding hydrogens is 1800 g/mol. The van der Waals surface area contributed by atoms with Crippen molar-refractivity contribution in [1.82, 2.24) is 49.8 Å². The average Bonchev–Trinajstić information content (AvgIpc) is 0.801. The molecule has 0 atom stereocenters. The second-order valence-corrected chi connectivity index (χ2v) is 35.7. The standard InChI is InChI=1S/C19H21BrN2O2.C19H22N2O2.C14H14N2.C13H17BrN2O2.C8H14INO2.C6H7BO2.C5H3Br2N.ClH/c1-19(2,3)24-18(23)22-11-14(12-22)17-16(5-4-10-21-17)13-6-8-15(20)9-7-13;1-19(2,3)23-18(22)21-12-15(13-21)17-16(10-7-11-20-17)14-8-5-4-6-9-14;1-2-5-11(6-3-1)13-7-4-8-16-14(13)12-9-15-10-12;1-13(2,3)18-12(17)16-7-9(8-16)11-10(14)5-4-6-15-11;1-8(2,3)12-7(11)10-4-6(9)5-10;8-7(9)6-4-2-1-3-5-6;6-4-2-1-3-8-5(4)7;/h4-10,14H,11-12H2,1-3H3;4-11,15H,12-13H2,1-3H3;1-8,12,15H,9-10H2;4-6,9H,7-8H2,1-3H3;6H,4-5H2,1-3H3;1-5,8-9H;1-3H;1H. The number of hydrogen-bond acceptors (Lipinski definition) is 16. The van der Waals surface area contributed by atoms with Crippen LogP contribution < -0.4 is 10.8 Å². The SMILES string of the molecule is Brc1cccnc1Br.CC(C)(C)OC(=O)N1CC(I)C1.CC(C)(C)OC(=O)N1CC(c2ncccc2-c2ccc(Br)cc2)C1.CC(C)(C)OC(=O)N1CC(c2ncccc2-c2ccccc2)C1.CC(C)(C)OC(=O)N1CC(c2ncccc2Br)C1.Cl.OB(O)c1ccccc1.c1ccc(-c2cccnc2C2CNC2)cc1. The Balaban J connectivity index is 0.000000185. The Labute approximate surface area is 707 Å². The molecule has 3 N–H and O–H groups in total. The Bertz CT molecular complexity index is 4390. The number of nitrogens with one attached hydrogen (secondary N) is 1. The number of hydrogen-bond donors (Lipinski definition) is 3. The van der Waals surface area contributed by atoms with Crippen molar-refractivity contribution in [3.63, 3.8) is 0 Å². The fourth-order valence-electron chi connectivity index (χ4n) is 11.3. The second-order valence-electron chi connectivity index (χ2n) is 30.6. The topological polar surface area (TPSA) is 235 Å². The predicted octanol–water partition coefficient (Wildman–Crippen LogP) is 19.0. The monoisotopic (exact) mass is 1900 g/mol. The van der Waals surface area contributed by atoms with Crippen molar-refractivity contribution in [2.75, 3.05) is 65.4 Å². The molecule has 5 aliphatic heterocycles. The van der Waals surface area contributed by atoms with Crippen LogP contribution in [0.1, 0.15) is 130 Å². The first-order chi connectivity index (χ1) is 52.1. The summed E-state index contributed by atoms with van der Waals surface area (Å²) < 4.78 is 25.8. The minimum absolute atomic E-state index is 0. The fraction of sp³-hybridized carbons (Fsp3) is 0.369. The van der Waals surface area contributed by atoms with Crippen molar-refractivity contribution in [2.24, 2.45) is 0 Å². The number of benzene rings is 4. The van der Waals surface area contributed by atoms with Crippen LogP contribution >= 0.6 is 98.7 Å². The maximum absolute atomic E-state index is 12.1. The Hall–Kier alpha value is -7.41. The molecule has 0 saturated carbocycles. The summed E-state index contributed by atoms with van der Waals surface area (Å²) in [5, 5.41) is 20.5. The van der Waals surface area contributed by atoms with Crippen LogP contribution in [-0.4, -0.2) is 178 Å². The molecule has 0 radical (unpaired) electrons. The van der Waals surface area contributed by atoms with E-state index in [9.17, 15) is 19.2 Å². The normalized spacial score (nSPS) is 14.8. The summed E-state index contributed by atoms with van der Waals surface area (Å²) in [6.07, 6.45) is 8.10. The van der Waals surface area contributed by atoms with Crippen molar-refractivity contribution >= 4 is 136 Å². The van der Waals surface area contributed by atoms with Crippen molar-refractivity contribution in [3.05, 3.63) is 248 Å². The summed E-state index contributed by atoms with van der Waals surface area (Å²) in [5.41, 5.74) is 10.2. The van der Waals surface area contributed by atoms with Gasteiger partial charge in [-0.2, -0.15) is 0 Å². The minimum Gasteiger partial charge on any atom is -0.444 e. The molecule has 4 aromatic carbocycles. The van der Waals surface area contributed by atoms with E-state index in [0.29, 0.717) is 60.5 Å². The summed E-state index contributed by atoms with van der Waals surface area (Å²) in [5.74, 6) is 1.39. The van der Waals surface area contributed by atoms with Crippen LogP contribution in [0, 0.1) is 0 Å². The third-order valence-corrected chi connectivity index (χ3v) is 20.6. The Morgan fingerprint density at radius 2 is 0.685 bits per heavy atom. The number of aromatic nitrogens is 5. The van der Waals surface area contributed by atoms with Crippen LogP contribution in [-0.2, 0) is 18.9 Å². The van der Waals surface area contributed by atoms with Gasteiger partial charge in [0.05, 0.1) is 27.2 Å². The summed E-state index contributed by atoms with van der Waals surface area (Å²) in [7, 11) is -1.34. The largest absolute Gasteiger partial charge is 0.488 e. The number of carbonyl (C=O) groups is 4. The van der Waals surface area contributed by atoms with Crippen LogP contribution in [0.5, 0.6) is 0 Å². The zero-order valence-corrected chi connectivity index (χ0v) is 74.0.